The van der Waals surface area contributed by atoms with Crippen molar-refractivity contribution in [1.29, 1.82) is 0 Å². The number of rotatable bonds is 5. The van der Waals surface area contributed by atoms with Crippen LogP contribution in [0, 0.1) is 6.92 Å². The van der Waals surface area contributed by atoms with Crippen LogP contribution in [0.5, 0.6) is 0 Å². The van der Waals surface area contributed by atoms with Crippen LogP contribution in [0.15, 0.2) is 43.6 Å². The zero-order valence-electron chi connectivity index (χ0n) is 15.1. The first-order chi connectivity index (χ1) is 13.2. The van der Waals surface area contributed by atoms with Crippen molar-refractivity contribution in [2.24, 2.45) is 0 Å². The van der Waals surface area contributed by atoms with Crippen LogP contribution in [0.3, 0.4) is 0 Å². The summed E-state index contributed by atoms with van der Waals surface area (Å²) < 4.78 is 32.6. The highest BCUT2D eigenvalue weighted by Gasteiger charge is 2.19. The number of hydrogen-bond acceptors (Lipinski definition) is 9. The number of aryl methyl sites for hydroxylation is 1. The zero-order valence-corrected chi connectivity index (χ0v) is 17.6. The maximum absolute atomic E-state index is 12.3. The van der Waals surface area contributed by atoms with E-state index in [2.05, 4.69) is 15.1 Å². The first-order valence-corrected chi connectivity index (χ1v) is 11.3. The molecule has 3 heterocycles. The maximum Gasteiger partial charge on any atom is 0.275 e. The number of aromatic nitrogens is 4. The van der Waals surface area contributed by atoms with E-state index in [-0.39, 0.29) is 10.5 Å². The molecule has 28 heavy (non-hydrogen) atoms. The Morgan fingerprint density at radius 1 is 1.25 bits per heavy atom. The van der Waals surface area contributed by atoms with Gasteiger partial charge in [0.25, 0.3) is 10.8 Å². The van der Waals surface area contributed by atoms with Crippen molar-refractivity contribution < 1.29 is 12.8 Å². The molecule has 1 aromatic carbocycles. The first-order valence-electron chi connectivity index (χ1n) is 8.06. The Bertz CT molecular complexity index is 1350. The van der Waals surface area contributed by atoms with E-state index in [1.807, 2.05) is 6.92 Å². The molecule has 0 fully saturated rings. The maximum atomic E-state index is 12.3. The smallest absolute Gasteiger partial charge is 0.275 e. The molecule has 0 amide bonds. The molecule has 12 heteroatoms. The van der Waals surface area contributed by atoms with Gasteiger partial charge in [-0.1, -0.05) is 23.1 Å². The molecule has 0 saturated carbocycles. The van der Waals surface area contributed by atoms with Gasteiger partial charge in [0.15, 0.2) is 5.58 Å². The number of nitrogens with zero attached hydrogens (tertiary/aromatic N) is 5. The predicted octanol–water partition coefficient (Wildman–Crippen LogP) is 2.14. The molecular weight excluding hydrogens is 422 g/mol. The molecule has 9 nitrogen and oxygen atoms in total. The van der Waals surface area contributed by atoms with Crippen molar-refractivity contribution in [3.05, 3.63) is 45.3 Å². The molecule has 0 aliphatic heterocycles. The van der Waals surface area contributed by atoms with Crippen molar-refractivity contribution >= 4 is 49.2 Å². The van der Waals surface area contributed by atoms with E-state index in [9.17, 15) is 13.2 Å². The minimum Gasteiger partial charge on any atom is -0.431 e. The Hall–Kier alpha value is -2.28. The van der Waals surface area contributed by atoms with Crippen molar-refractivity contribution in [2.45, 2.75) is 22.8 Å². The van der Waals surface area contributed by atoms with Crippen LogP contribution in [0.4, 0.5) is 0 Å². The number of sulfonamides is 1. The van der Waals surface area contributed by atoms with Crippen molar-refractivity contribution in [1.82, 2.24) is 23.9 Å². The molecular formula is C16H15N5O4S3. The number of fused-ring (bicyclic) bond motifs is 2. The van der Waals surface area contributed by atoms with E-state index < -0.39 is 10.0 Å². The van der Waals surface area contributed by atoms with Crippen molar-refractivity contribution in [2.75, 3.05) is 14.1 Å². The standard InChI is InChI=1S/C16H15N5O4S3/c1-9-19-21-14(22)6-10(17-15(21)27-9)8-26-16-18-12-7-11(4-5-13(12)25-16)28(23,24)20(2)3/h4-7H,8H2,1-3H3. The van der Waals surface area contributed by atoms with Crippen LogP contribution in [0.25, 0.3) is 16.1 Å². The monoisotopic (exact) mass is 437 g/mol. The van der Waals surface area contributed by atoms with Gasteiger partial charge >= 0.3 is 0 Å². The van der Waals surface area contributed by atoms with Crippen molar-refractivity contribution in [3.8, 4) is 0 Å². The molecule has 0 unspecified atom stereocenters. The number of hydrogen-bond donors (Lipinski definition) is 0. The fraction of sp³-hybridized carbons (Fsp3) is 0.250. The molecule has 4 rings (SSSR count). The van der Waals surface area contributed by atoms with Gasteiger partial charge in [0.2, 0.25) is 15.0 Å². The molecule has 0 N–H and O–H groups in total. The minimum absolute atomic E-state index is 0.149. The van der Waals surface area contributed by atoms with E-state index in [0.717, 1.165) is 9.31 Å². The van der Waals surface area contributed by atoms with E-state index in [4.69, 9.17) is 4.42 Å². The summed E-state index contributed by atoms with van der Waals surface area (Å²) in [5, 5.41) is 5.24. The third-order valence-corrected chi connectivity index (χ3v) is 7.36. The highest BCUT2D eigenvalue weighted by Crippen LogP contribution is 2.28. The van der Waals surface area contributed by atoms with Crippen LogP contribution < -0.4 is 5.56 Å². The molecule has 0 radical (unpaired) electrons. The van der Waals surface area contributed by atoms with Crippen LogP contribution in [-0.2, 0) is 15.8 Å². The van der Waals surface area contributed by atoms with Gasteiger partial charge in [-0.15, -0.1) is 0 Å². The summed E-state index contributed by atoms with van der Waals surface area (Å²) in [4.78, 5) is 21.6. The predicted molar refractivity (Wildman–Crippen MR) is 106 cm³/mol. The zero-order chi connectivity index (χ0) is 20.1. The second-order valence-electron chi connectivity index (χ2n) is 6.09. The number of thioether (sulfide) groups is 1. The lowest BCUT2D eigenvalue weighted by Crippen LogP contribution is -2.22. The van der Waals surface area contributed by atoms with E-state index >= 15 is 0 Å². The van der Waals surface area contributed by atoms with Crippen LogP contribution in [-0.4, -0.2) is 46.4 Å². The average molecular weight is 438 g/mol. The molecule has 4 aromatic rings. The summed E-state index contributed by atoms with van der Waals surface area (Å²) in [7, 11) is -0.599. The van der Waals surface area contributed by atoms with Gasteiger partial charge < -0.3 is 4.42 Å². The quantitative estimate of drug-likeness (QED) is 0.437. The third-order valence-electron chi connectivity index (χ3n) is 3.86. The van der Waals surface area contributed by atoms with Gasteiger partial charge in [0.1, 0.15) is 10.5 Å². The summed E-state index contributed by atoms with van der Waals surface area (Å²) in [6.07, 6.45) is 0. The largest absolute Gasteiger partial charge is 0.431 e. The van der Waals surface area contributed by atoms with Gasteiger partial charge in [-0.3, -0.25) is 4.79 Å². The lowest BCUT2D eigenvalue weighted by molar-refractivity contribution is 0.489. The van der Waals surface area contributed by atoms with E-state index in [0.29, 0.717) is 32.7 Å². The van der Waals surface area contributed by atoms with Gasteiger partial charge in [-0.05, 0) is 25.1 Å². The number of oxazole rings is 1. The number of benzene rings is 1. The Kier molecular flexibility index (Phi) is 4.73. The molecule has 146 valence electrons. The van der Waals surface area contributed by atoms with Gasteiger partial charge in [-0.2, -0.15) is 9.61 Å². The summed E-state index contributed by atoms with van der Waals surface area (Å²) >= 11 is 2.62. The topological polar surface area (TPSA) is 111 Å². The third kappa shape index (κ3) is 3.43. The van der Waals surface area contributed by atoms with Crippen LogP contribution in [0.1, 0.15) is 10.7 Å². The molecule has 0 saturated heterocycles. The molecule has 0 spiro atoms. The summed E-state index contributed by atoms with van der Waals surface area (Å²) in [6.45, 7) is 1.82. The Balaban J connectivity index is 1.59. The lowest BCUT2D eigenvalue weighted by atomic mass is 10.3. The first kappa shape index (κ1) is 19.1. The summed E-state index contributed by atoms with van der Waals surface area (Å²) in [5.41, 5.74) is 1.30. The highest BCUT2D eigenvalue weighted by atomic mass is 32.2. The van der Waals surface area contributed by atoms with E-state index in [1.54, 1.807) is 6.07 Å². The highest BCUT2D eigenvalue weighted by molar-refractivity contribution is 7.98. The SMILES string of the molecule is Cc1nn2c(=O)cc(CSc3nc4cc(S(=O)(=O)N(C)C)ccc4o3)nc2s1. The Morgan fingerprint density at radius 2 is 2.04 bits per heavy atom. The lowest BCUT2D eigenvalue weighted by Gasteiger charge is -2.10. The normalized spacial score (nSPS) is 12.4. The minimum atomic E-state index is -3.54. The fourth-order valence-corrected chi connectivity index (χ4v) is 4.90. The molecule has 0 aliphatic rings. The second-order valence-corrected chi connectivity index (χ2v) is 10.3. The second kappa shape index (κ2) is 6.95. The molecule has 0 aliphatic carbocycles. The summed E-state index contributed by atoms with van der Waals surface area (Å²) in [5.74, 6) is 0.387. The van der Waals surface area contributed by atoms with Gasteiger partial charge in [0, 0.05) is 25.9 Å². The molecule has 3 aromatic heterocycles. The van der Waals surface area contributed by atoms with Crippen LogP contribution >= 0.6 is 23.1 Å². The van der Waals surface area contributed by atoms with Gasteiger partial charge in [0.05, 0.1) is 10.6 Å². The Labute approximate surface area is 168 Å². The van der Waals surface area contributed by atoms with E-state index in [1.165, 1.54) is 59.9 Å². The average Bonchev–Trinajstić information content (AvgIpc) is 3.21. The molecule has 0 atom stereocenters. The molecule has 0 bridgehead atoms. The van der Waals surface area contributed by atoms with Crippen LogP contribution in [0.2, 0.25) is 0 Å². The van der Waals surface area contributed by atoms with Gasteiger partial charge in [-0.25, -0.2) is 22.7 Å². The Morgan fingerprint density at radius 3 is 2.79 bits per heavy atom. The fourth-order valence-electron chi connectivity index (χ4n) is 2.48. The summed E-state index contributed by atoms with van der Waals surface area (Å²) in [6, 6.07) is 5.98. The van der Waals surface area contributed by atoms with Crippen molar-refractivity contribution in [3.63, 3.8) is 0 Å².